The van der Waals surface area contributed by atoms with Crippen molar-refractivity contribution < 1.29 is 4.79 Å². The molecule has 1 fully saturated rings. The number of carbonyl (C=O) groups is 1. The Balaban J connectivity index is 1.93. The highest BCUT2D eigenvalue weighted by atomic mass is 16.5. The lowest BCUT2D eigenvalue weighted by molar-refractivity contribution is -0.120. The van der Waals surface area contributed by atoms with Crippen LogP contribution in [0.4, 0.5) is 5.69 Å². The number of imidazole rings is 1. The van der Waals surface area contributed by atoms with Gasteiger partial charge in [0.15, 0.2) is 0 Å². The van der Waals surface area contributed by atoms with Crippen molar-refractivity contribution in [2.75, 3.05) is 5.06 Å². The number of hydrogen-bond donors (Lipinski definition) is 1. The van der Waals surface area contributed by atoms with Crippen LogP contribution in [0.15, 0.2) is 30.5 Å². The zero-order valence-corrected chi connectivity index (χ0v) is 12.3. The number of rotatable bonds is 3. The minimum Gasteiger partial charge on any atom is -0.758 e. The van der Waals surface area contributed by atoms with Gasteiger partial charge in [0, 0.05) is 0 Å². The maximum absolute atomic E-state index is 12.4. The number of anilines is 1. The van der Waals surface area contributed by atoms with E-state index in [-0.39, 0.29) is 23.8 Å². The van der Waals surface area contributed by atoms with Crippen LogP contribution in [0, 0.1) is 11.1 Å². The molecule has 114 valence electrons. The normalized spacial score (nSPS) is 21.2. The largest absolute Gasteiger partial charge is 0.758 e. The van der Waals surface area contributed by atoms with E-state index in [1.54, 1.807) is 12.3 Å². The van der Waals surface area contributed by atoms with Crippen LogP contribution < -0.4 is 10.8 Å². The first-order valence-electron chi connectivity index (χ1n) is 7.52. The minimum absolute atomic E-state index is 0.275. The molecule has 6 heteroatoms. The summed E-state index contributed by atoms with van der Waals surface area (Å²) in [6, 6.07) is 7.05. The second-order valence-electron chi connectivity index (χ2n) is 6.08. The molecule has 0 saturated heterocycles. The molecule has 1 aromatic heterocycles. The van der Waals surface area contributed by atoms with E-state index in [9.17, 15) is 10.0 Å². The van der Waals surface area contributed by atoms with Gasteiger partial charge in [-0.2, -0.15) is 0 Å². The number of carbonyl (C=O) groups excluding carboxylic acids is 1. The van der Waals surface area contributed by atoms with E-state index in [0.29, 0.717) is 11.5 Å². The van der Waals surface area contributed by atoms with Crippen LogP contribution in [-0.4, -0.2) is 15.5 Å². The van der Waals surface area contributed by atoms with Crippen molar-refractivity contribution in [3.8, 4) is 5.69 Å². The Morgan fingerprint density at radius 3 is 2.68 bits per heavy atom. The highest BCUT2D eigenvalue weighted by Crippen LogP contribution is 2.45. The number of nitrogens with two attached hydrogens (primary N) is 1. The molecule has 22 heavy (non-hydrogen) atoms. The van der Waals surface area contributed by atoms with Crippen LogP contribution in [0.5, 0.6) is 0 Å². The van der Waals surface area contributed by atoms with Gasteiger partial charge in [-0.3, -0.25) is 9.36 Å². The van der Waals surface area contributed by atoms with Gasteiger partial charge in [-0.1, -0.05) is 12.1 Å². The van der Waals surface area contributed by atoms with Gasteiger partial charge < -0.3 is 16.0 Å². The van der Waals surface area contributed by atoms with Gasteiger partial charge in [-0.25, -0.2) is 4.98 Å². The summed E-state index contributed by atoms with van der Waals surface area (Å²) in [6.45, 7) is 1.84. The molecule has 2 aromatic rings. The highest BCUT2D eigenvalue weighted by Gasteiger charge is 2.40. The molecule has 0 spiro atoms. The van der Waals surface area contributed by atoms with Gasteiger partial charge in [-0.15, -0.1) is 0 Å². The average Bonchev–Trinajstić information content (AvgIpc) is 3.23. The predicted octanol–water partition coefficient (Wildman–Crippen LogP) is 2.23. The molecule has 0 bridgehead atoms. The summed E-state index contributed by atoms with van der Waals surface area (Å²) in [7, 11) is 0. The maximum atomic E-state index is 12.4. The number of hydroxylamine groups is 1. The van der Waals surface area contributed by atoms with Crippen LogP contribution in [0.3, 0.4) is 0 Å². The van der Waals surface area contributed by atoms with Gasteiger partial charge in [0.1, 0.15) is 5.82 Å². The number of benzene rings is 1. The molecule has 2 N–H and O–H groups in total. The minimum atomic E-state index is -0.382. The first-order chi connectivity index (χ1) is 10.6. The van der Waals surface area contributed by atoms with E-state index in [1.165, 1.54) is 0 Å². The quantitative estimate of drug-likeness (QED) is 0.941. The molecule has 1 amide bonds. The SMILES string of the molecule is CC1c2cnc(C(C(N)=O)C3CC3)n2-c2ccccc2N1[O-]. The standard InChI is InChI=1S/C16H17N4O2/c1-9-13-8-18-16(14(15(17)21)10-6-7-10)19(13)11-4-2-3-5-12(11)20(9)22/h2-5,8-10,14H,6-7H2,1H3,(H2,17,21)/q-1. The van der Waals surface area contributed by atoms with Crippen LogP contribution in [0.2, 0.25) is 0 Å². The van der Waals surface area contributed by atoms with Gasteiger partial charge in [0.2, 0.25) is 5.91 Å². The number of aromatic nitrogens is 2. The Morgan fingerprint density at radius 2 is 2.05 bits per heavy atom. The molecule has 2 atom stereocenters. The molecule has 4 rings (SSSR count). The summed E-state index contributed by atoms with van der Waals surface area (Å²) in [6.07, 6.45) is 3.69. The Kier molecular flexibility index (Phi) is 2.77. The lowest BCUT2D eigenvalue weighted by Crippen LogP contribution is -2.31. The Labute approximate surface area is 128 Å². The average molecular weight is 297 g/mol. The topological polar surface area (TPSA) is 87.2 Å². The van der Waals surface area contributed by atoms with E-state index in [4.69, 9.17) is 5.73 Å². The van der Waals surface area contributed by atoms with E-state index in [0.717, 1.165) is 29.3 Å². The number of nitrogens with zero attached hydrogens (tertiary/aromatic N) is 3. The predicted molar refractivity (Wildman–Crippen MR) is 82.5 cm³/mol. The lowest BCUT2D eigenvalue weighted by Gasteiger charge is -2.43. The molecule has 2 aliphatic rings. The van der Waals surface area contributed by atoms with Gasteiger partial charge >= 0.3 is 0 Å². The van der Waals surface area contributed by atoms with Crippen molar-refractivity contribution in [1.29, 1.82) is 0 Å². The summed E-state index contributed by atoms with van der Waals surface area (Å²) in [5.74, 6) is 0.215. The monoisotopic (exact) mass is 297 g/mol. The highest BCUT2D eigenvalue weighted by molar-refractivity contribution is 5.82. The third-order valence-corrected chi connectivity index (χ3v) is 4.63. The van der Waals surface area contributed by atoms with Crippen molar-refractivity contribution in [2.24, 2.45) is 11.7 Å². The maximum Gasteiger partial charge on any atom is 0.228 e. The van der Waals surface area contributed by atoms with Crippen LogP contribution in [0.1, 0.15) is 43.2 Å². The number of primary amides is 1. The van der Waals surface area contributed by atoms with Crippen molar-refractivity contribution >= 4 is 11.6 Å². The molecular weight excluding hydrogens is 280 g/mol. The summed E-state index contributed by atoms with van der Waals surface area (Å²) >= 11 is 0. The molecule has 1 saturated carbocycles. The molecule has 2 heterocycles. The van der Waals surface area contributed by atoms with E-state index in [2.05, 4.69) is 4.98 Å². The number of hydrogen-bond acceptors (Lipinski definition) is 4. The number of para-hydroxylation sites is 2. The van der Waals surface area contributed by atoms with Crippen LogP contribution >= 0.6 is 0 Å². The van der Waals surface area contributed by atoms with Gasteiger partial charge in [-0.05, 0) is 37.8 Å². The van der Waals surface area contributed by atoms with Crippen molar-refractivity contribution in [2.45, 2.75) is 31.7 Å². The van der Waals surface area contributed by atoms with Gasteiger partial charge in [0.05, 0.1) is 35.2 Å². The van der Waals surface area contributed by atoms with Crippen molar-refractivity contribution in [3.63, 3.8) is 0 Å². The summed E-state index contributed by atoms with van der Waals surface area (Å²) in [5.41, 5.74) is 7.79. The Morgan fingerprint density at radius 1 is 1.36 bits per heavy atom. The zero-order chi connectivity index (χ0) is 15.4. The number of fused-ring (bicyclic) bond motifs is 3. The molecule has 1 aromatic carbocycles. The first kappa shape index (κ1) is 13.3. The van der Waals surface area contributed by atoms with Crippen LogP contribution in [-0.2, 0) is 4.79 Å². The lowest BCUT2D eigenvalue weighted by atomic mass is 10.0. The van der Waals surface area contributed by atoms with Crippen molar-refractivity contribution in [3.05, 3.63) is 47.2 Å². The fraction of sp³-hybridized carbons (Fsp3) is 0.375. The third-order valence-electron chi connectivity index (χ3n) is 4.63. The molecule has 1 aliphatic carbocycles. The molecule has 1 aliphatic heterocycles. The van der Waals surface area contributed by atoms with Crippen LogP contribution in [0.25, 0.3) is 5.69 Å². The van der Waals surface area contributed by atoms with Gasteiger partial charge in [0.25, 0.3) is 0 Å². The Hall–Kier alpha value is -2.34. The third kappa shape index (κ3) is 1.77. The fourth-order valence-electron chi connectivity index (χ4n) is 3.32. The molecular formula is C16H17N4O2-. The van der Waals surface area contributed by atoms with E-state index >= 15 is 0 Å². The second kappa shape index (κ2) is 4.58. The van der Waals surface area contributed by atoms with E-state index in [1.807, 2.05) is 29.7 Å². The second-order valence-corrected chi connectivity index (χ2v) is 6.08. The smallest absolute Gasteiger partial charge is 0.228 e. The van der Waals surface area contributed by atoms with Crippen molar-refractivity contribution in [1.82, 2.24) is 9.55 Å². The molecule has 0 radical (unpaired) electrons. The number of amides is 1. The summed E-state index contributed by atoms with van der Waals surface area (Å²) in [5, 5.41) is 13.4. The first-order valence-corrected chi connectivity index (χ1v) is 7.52. The molecule has 6 nitrogen and oxygen atoms in total. The summed E-state index contributed by atoms with van der Waals surface area (Å²) < 4.78 is 1.95. The fourth-order valence-corrected chi connectivity index (χ4v) is 3.32. The zero-order valence-electron chi connectivity index (χ0n) is 12.3. The van der Waals surface area contributed by atoms with E-state index < -0.39 is 0 Å². The Bertz CT molecular complexity index is 750. The summed E-state index contributed by atoms with van der Waals surface area (Å²) in [4.78, 5) is 16.4. The molecule has 2 unspecified atom stereocenters.